The fourth-order valence-electron chi connectivity index (χ4n) is 1.71. The number of hydrogen-bond donors (Lipinski definition) is 1. The molecule has 0 saturated heterocycles. The standard InChI is InChI=1S/C12H17N.ClH/c1-4-6-11(13)12-9(2)7-5-8-10(12)3;/h4-5,7-8,11H,1,6,13H2,2-3H3;1H/t11-;/m0./s1. The molecule has 0 aromatic heterocycles. The van der Waals surface area contributed by atoms with E-state index in [0.29, 0.717) is 0 Å². The van der Waals surface area contributed by atoms with Crippen molar-refractivity contribution in [1.29, 1.82) is 0 Å². The van der Waals surface area contributed by atoms with Gasteiger partial charge in [0.2, 0.25) is 0 Å². The Bertz CT molecular complexity index is 287. The van der Waals surface area contributed by atoms with Gasteiger partial charge in [-0.25, -0.2) is 0 Å². The highest BCUT2D eigenvalue weighted by Crippen LogP contribution is 2.22. The van der Waals surface area contributed by atoms with Crippen LogP contribution in [0.5, 0.6) is 0 Å². The Morgan fingerprint density at radius 1 is 1.36 bits per heavy atom. The lowest BCUT2D eigenvalue weighted by Crippen LogP contribution is -2.12. The molecule has 1 rings (SSSR count). The zero-order valence-electron chi connectivity index (χ0n) is 8.79. The Morgan fingerprint density at radius 3 is 2.29 bits per heavy atom. The predicted octanol–water partition coefficient (Wildman–Crippen LogP) is 3.30. The summed E-state index contributed by atoms with van der Waals surface area (Å²) in [5.74, 6) is 0. The van der Waals surface area contributed by atoms with Gasteiger partial charge < -0.3 is 5.73 Å². The third kappa shape index (κ3) is 2.86. The lowest BCUT2D eigenvalue weighted by molar-refractivity contribution is 0.730. The second-order valence-corrected chi connectivity index (χ2v) is 3.44. The molecule has 1 aromatic carbocycles. The van der Waals surface area contributed by atoms with Crippen LogP contribution in [0.25, 0.3) is 0 Å². The highest BCUT2D eigenvalue weighted by Gasteiger charge is 2.09. The molecule has 78 valence electrons. The summed E-state index contributed by atoms with van der Waals surface area (Å²) in [6.45, 7) is 7.91. The summed E-state index contributed by atoms with van der Waals surface area (Å²) in [4.78, 5) is 0. The van der Waals surface area contributed by atoms with Gasteiger partial charge in [-0.05, 0) is 37.0 Å². The molecule has 0 bridgehead atoms. The molecular weight excluding hydrogens is 194 g/mol. The van der Waals surface area contributed by atoms with E-state index in [4.69, 9.17) is 5.73 Å². The second kappa shape index (κ2) is 5.84. The van der Waals surface area contributed by atoms with Crippen molar-refractivity contribution in [1.82, 2.24) is 0 Å². The van der Waals surface area contributed by atoms with E-state index in [1.54, 1.807) is 0 Å². The summed E-state index contributed by atoms with van der Waals surface area (Å²) in [6, 6.07) is 6.37. The van der Waals surface area contributed by atoms with Crippen LogP contribution in [0, 0.1) is 13.8 Å². The SMILES string of the molecule is C=CC[C@H](N)c1c(C)cccc1C.Cl. The van der Waals surface area contributed by atoms with Gasteiger partial charge in [0, 0.05) is 6.04 Å². The fourth-order valence-corrected chi connectivity index (χ4v) is 1.71. The molecule has 0 amide bonds. The summed E-state index contributed by atoms with van der Waals surface area (Å²) in [6.07, 6.45) is 2.71. The van der Waals surface area contributed by atoms with Gasteiger partial charge in [0.05, 0.1) is 0 Å². The van der Waals surface area contributed by atoms with Gasteiger partial charge in [-0.2, -0.15) is 0 Å². The van der Waals surface area contributed by atoms with Crippen LogP contribution in [0.15, 0.2) is 30.9 Å². The highest BCUT2D eigenvalue weighted by molar-refractivity contribution is 5.85. The normalized spacial score (nSPS) is 11.6. The number of hydrogen-bond acceptors (Lipinski definition) is 1. The first-order valence-electron chi connectivity index (χ1n) is 4.59. The van der Waals surface area contributed by atoms with E-state index in [0.717, 1.165) is 6.42 Å². The van der Waals surface area contributed by atoms with Gasteiger partial charge in [-0.3, -0.25) is 0 Å². The Hall–Kier alpha value is -0.790. The third-order valence-electron chi connectivity index (χ3n) is 2.33. The minimum Gasteiger partial charge on any atom is -0.324 e. The quantitative estimate of drug-likeness (QED) is 0.763. The minimum atomic E-state index is 0. The first-order valence-corrected chi connectivity index (χ1v) is 4.59. The lowest BCUT2D eigenvalue weighted by Gasteiger charge is -2.15. The highest BCUT2D eigenvalue weighted by atomic mass is 35.5. The van der Waals surface area contributed by atoms with Crippen molar-refractivity contribution >= 4 is 12.4 Å². The number of nitrogens with two attached hydrogens (primary N) is 1. The lowest BCUT2D eigenvalue weighted by atomic mass is 9.95. The molecule has 0 radical (unpaired) electrons. The summed E-state index contributed by atoms with van der Waals surface area (Å²) < 4.78 is 0. The van der Waals surface area contributed by atoms with Crippen molar-refractivity contribution < 1.29 is 0 Å². The Labute approximate surface area is 92.4 Å². The minimum absolute atomic E-state index is 0. The van der Waals surface area contributed by atoms with Crippen LogP contribution < -0.4 is 5.73 Å². The molecule has 1 nitrogen and oxygen atoms in total. The van der Waals surface area contributed by atoms with Crippen LogP contribution in [0.2, 0.25) is 0 Å². The van der Waals surface area contributed by atoms with Gasteiger partial charge in [-0.15, -0.1) is 19.0 Å². The summed E-state index contributed by atoms with van der Waals surface area (Å²) in [5, 5.41) is 0. The zero-order chi connectivity index (χ0) is 9.84. The smallest absolute Gasteiger partial charge is 0.0334 e. The Balaban J connectivity index is 0.00000169. The second-order valence-electron chi connectivity index (χ2n) is 3.44. The monoisotopic (exact) mass is 211 g/mol. The van der Waals surface area contributed by atoms with E-state index in [1.807, 2.05) is 6.08 Å². The molecule has 1 aromatic rings. The summed E-state index contributed by atoms with van der Waals surface area (Å²) >= 11 is 0. The third-order valence-corrected chi connectivity index (χ3v) is 2.33. The molecule has 14 heavy (non-hydrogen) atoms. The van der Waals surface area contributed by atoms with Crippen molar-refractivity contribution in [3.05, 3.63) is 47.5 Å². The van der Waals surface area contributed by atoms with Crippen molar-refractivity contribution in [3.8, 4) is 0 Å². The molecule has 0 fully saturated rings. The van der Waals surface area contributed by atoms with E-state index in [2.05, 4.69) is 38.6 Å². The van der Waals surface area contributed by atoms with Gasteiger partial charge in [0.15, 0.2) is 0 Å². The maximum atomic E-state index is 6.04. The maximum absolute atomic E-state index is 6.04. The predicted molar refractivity (Wildman–Crippen MR) is 64.9 cm³/mol. The fraction of sp³-hybridized carbons (Fsp3) is 0.333. The topological polar surface area (TPSA) is 26.0 Å². The van der Waals surface area contributed by atoms with Crippen LogP contribution in [0.3, 0.4) is 0 Å². The van der Waals surface area contributed by atoms with Crippen LogP contribution in [0.4, 0.5) is 0 Å². The molecule has 0 unspecified atom stereocenters. The van der Waals surface area contributed by atoms with Crippen LogP contribution in [0.1, 0.15) is 29.2 Å². The average molecular weight is 212 g/mol. The van der Waals surface area contributed by atoms with Crippen molar-refractivity contribution in [2.45, 2.75) is 26.3 Å². The van der Waals surface area contributed by atoms with E-state index in [-0.39, 0.29) is 18.4 Å². The van der Waals surface area contributed by atoms with E-state index >= 15 is 0 Å². The van der Waals surface area contributed by atoms with E-state index < -0.39 is 0 Å². The molecule has 0 aliphatic heterocycles. The van der Waals surface area contributed by atoms with Crippen LogP contribution in [-0.2, 0) is 0 Å². The van der Waals surface area contributed by atoms with Crippen LogP contribution in [-0.4, -0.2) is 0 Å². The average Bonchev–Trinajstić information content (AvgIpc) is 2.04. The molecule has 0 spiro atoms. The Morgan fingerprint density at radius 2 is 1.86 bits per heavy atom. The van der Waals surface area contributed by atoms with Gasteiger partial charge in [-0.1, -0.05) is 24.3 Å². The number of benzene rings is 1. The molecule has 0 heterocycles. The summed E-state index contributed by atoms with van der Waals surface area (Å²) in [7, 11) is 0. The van der Waals surface area contributed by atoms with Crippen molar-refractivity contribution in [2.75, 3.05) is 0 Å². The van der Waals surface area contributed by atoms with E-state index in [1.165, 1.54) is 16.7 Å². The molecular formula is C12H18ClN. The molecule has 2 heteroatoms. The molecule has 0 saturated carbocycles. The van der Waals surface area contributed by atoms with Crippen molar-refractivity contribution in [3.63, 3.8) is 0 Å². The first-order chi connectivity index (χ1) is 6.16. The number of halogens is 1. The molecule has 0 aliphatic rings. The zero-order valence-corrected chi connectivity index (χ0v) is 9.60. The summed E-state index contributed by atoms with van der Waals surface area (Å²) in [5.41, 5.74) is 9.85. The molecule has 0 aliphatic carbocycles. The van der Waals surface area contributed by atoms with E-state index in [9.17, 15) is 0 Å². The largest absolute Gasteiger partial charge is 0.324 e. The van der Waals surface area contributed by atoms with Gasteiger partial charge >= 0.3 is 0 Å². The van der Waals surface area contributed by atoms with Crippen molar-refractivity contribution in [2.24, 2.45) is 5.73 Å². The Kier molecular flexibility index (Phi) is 5.51. The first kappa shape index (κ1) is 13.2. The number of rotatable bonds is 3. The number of aryl methyl sites for hydroxylation is 2. The van der Waals surface area contributed by atoms with Crippen LogP contribution >= 0.6 is 12.4 Å². The molecule has 1 atom stereocenters. The maximum Gasteiger partial charge on any atom is 0.0334 e. The van der Waals surface area contributed by atoms with Gasteiger partial charge in [0.1, 0.15) is 0 Å². The van der Waals surface area contributed by atoms with Gasteiger partial charge in [0.25, 0.3) is 0 Å². The molecule has 2 N–H and O–H groups in total.